The first-order valence-electron chi connectivity index (χ1n) is 6.81. The van der Waals surface area contributed by atoms with Crippen molar-refractivity contribution in [2.45, 2.75) is 52.0 Å². The zero-order valence-corrected chi connectivity index (χ0v) is 13.1. The Balaban J connectivity index is 2.50. The van der Waals surface area contributed by atoms with Crippen LogP contribution < -0.4 is 5.32 Å². The number of benzene rings is 1. The first-order valence-corrected chi connectivity index (χ1v) is 7.60. The summed E-state index contributed by atoms with van der Waals surface area (Å²) in [5.74, 6) is -0.849. The molecule has 1 rings (SSSR count). The molecule has 2 nitrogen and oxygen atoms in total. The zero-order chi connectivity index (χ0) is 14.3. The Morgan fingerprint density at radius 1 is 1.37 bits per heavy atom. The number of carbonyl (C=O) groups is 1. The highest BCUT2D eigenvalue weighted by Crippen LogP contribution is 2.19. The molecule has 0 radical (unpaired) electrons. The first-order chi connectivity index (χ1) is 9.06. The number of hydrogen-bond donors (Lipinski definition) is 1. The predicted molar refractivity (Wildman–Crippen MR) is 79.8 cm³/mol. The Morgan fingerprint density at radius 2 is 2.11 bits per heavy atom. The standard InChI is InChI=1S/C15H21BrFNO/c1-3-4-5-6-8-11(2)18-15(19)14-12(16)9-7-10-13(14)17/h7,9-11H,3-6,8H2,1-2H3,(H,18,19). The number of nitrogens with one attached hydrogen (secondary N) is 1. The Bertz CT molecular complexity index is 402. The molecule has 0 spiro atoms. The summed E-state index contributed by atoms with van der Waals surface area (Å²) in [7, 11) is 0. The zero-order valence-electron chi connectivity index (χ0n) is 11.5. The average molecular weight is 330 g/mol. The Hall–Kier alpha value is -0.900. The third-order valence-electron chi connectivity index (χ3n) is 3.06. The molecule has 0 aliphatic rings. The second-order valence-corrected chi connectivity index (χ2v) is 5.67. The highest BCUT2D eigenvalue weighted by molar-refractivity contribution is 9.10. The summed E-state index contributed by atoms with van der Waals surface area (Å²) in [4.78, 5) is 12.0. The molecule has 1 N–H and O–H groups in total. The van der Waals surface area contributed by atoms with Crippen LogP contribution in [0.25, 0.3) is 0 Å². The Morgan fingerprint density at radius 3 is 2.74 bits per heavy atom. The van der Waals surface area contributed by atoms with E-state index in [0.29, 0.717) is 4.47 Å². The highest BCUT2D eigenvalue weighted by atomic mass is 79.9. The first kappa shape index (κ1) is 16.2. The monoisotopic (exact) mass is 329 g/mol. The lowest BCUT2D eigenvalue weighted by Gasteiger charge is -2.14. The van der Waals surface area contributed by atoms with Crippen LogP contribution in [0.4, 0.5) is 4.39 Å². The van der Waals surface area contributed by atoms with Crippen molar-refractivity contribution in [2.24, 2.45) is 0 Å². The molecule has 0 saturated carbocycles. The summed E-state index contributed by atoms with van der Waals surface area (Å²) < 4.78 is 14.1. The highest BCUT2D eigenvalue weighted by Gasteiger charge is 2.16. The molecule has 19 heavy (non-hydrogen) atoms. The van der Waals surface area contributed by atoms with Crippen molar-refractivity contribution in [3.63, 3.8) is 0 Å². The lowest BCUT2D eigenvalue weighted by molar-refractivity contribution is 0.0933. The molecule has 1 aromatic rings. The molecule has 0 aliphatic heterocycles. The molecule has 0 saturated heterocycles. The topological polar surface area (TPSA) is 29.1 Å². The molecular formula is C15H21BrFNO. The maximum absolute atomic E-state index is 13.6. The van der Waals surface area contributed by atoms with Crippen molar-refractivity contribution in [3.05, 3.63) is 34.1 Å². The van der Waals surface area contributed by atoms with E-state index in [9.17, 15) is 9.18 Å². The summed E-state index contributed by atoms with van der Waals surface area (Å²) in [5, 5.41) is 2.85. The van der Waals surface area contributed by atoms with Gasteiger partial charge < -0.3 is 5.32 Å². The minimum atomic E-state index is -0.495. The van der Waals surface area contributed by atoms with Crippen molar-refractivity contribution in [1.29, 1.82) is 0 Å². The van der Waals surface area contributed by atoms with Gasteiger partial charge in [0.2, 0.25) is 0 Å². The molecule has 0 fully saturated rings. The van der Waals surface area contributed by atoms with E-state index in [1.165, 1.54) is 25.3 Å². The summed E-state index contributed by atoms with van der Waals surface area (Å²) in [6.07, 6.45) is 5.62. The maximum atomic E-state index is 13.6. The van der Waals surface area contributed by atoms with Crippen molar-refractivity contribution in [3.8, 4) is 0 Å². The molecule has 1 unspecified atom stereocenters. The number of hydrogen-bond acceptors (Lipinski definition) is 1. The van der Waals surface area contributed by atoms with Crippen molar-refractivity contribution in [1.82, 2.24) is 5.32 Å². The van der Waals surface area contributed by atoms with E-state index in [4.69, 9.17) is 0 Å². The molecule has 1 amide bonds. The van der Waals surface area contributed by atoms with Crippen LogP contribution in [0.2, 0.25) is 0 Å². The quantitative estimate of drug-likeness (QED) is 0.723. The van der Waals surface area contributed by atoms with E-state index in [2.05, 4.69) is 28.2 Å². The fourth-order valence-corrected chi connectivity index (χ4v) is 2.48. The van der Waals surface area contributed by atoms with E-state index in [-0.39, 0.29) is 17.5 Å². The number of halogens is 2. The second-order valence-electron chi connectivity index (χ2n) is 4.82. The minimum Gasteiger partial charge on any atom is -0.349 e. The van der Waals surface area contributed by atoms with Crippen LogP contribution in [-0.4, -0.2) is 11.9 Å². The summed E-state index contributed by atoms with van der Waals surface area (Å²) in [6.45, 7) is 4.12. The third kappa shape index (κ3) is 5.31. The maximum Gasteiger partial charge on any atom is 0.255 e. The van der Waals surface area contributed by atoms with Gasteiger partial charge in [0.15, 0.2) is 0 Å². The number of amides is 1. The van der Waals surface area contributed by atoms with Gasteiger partial charge in [0.1, 0.15) is 5.82 Å². The molecule has 0 bridgehead atoms. The minimum absolute atomic E-state index is 0.0656. The van der Waals surface area contributed by atoms with E-state index in [0.717, 1.165) is 12.8 Å². The van der Waals surface area contributed by atoms with Crippen LogP contribution in [0.1, 0.15) is 56.3 Å². The largest absolute Gasteiger partial charge is 0.349 e. The lowest BCUT2D eigenvalue weighted by Crippen LogP contribution is -2.33. The summed E-state index contributed by atoms with van der Waals surface area (Å²) >= 11 is 3.21. The van der Waals surface area contributed by atoms with Gasteiger partial charge in [0, 0.05) is 10.5 Å². The number of rotatable bonds is 7. The van der Waals surface area contributed by atoms with Crippen LogP contribution in [0.5, 0.6) is 0 Å². The number of unbranched alkanes of at least 4 members (excludes halogenated alkanes) is 3. The smallest absolute Gasteiger partial charge is 0.255 e. The van der Waals surface area contributed by atoms with Crippen LogP contribution in [-0.2, 0) is 0 Å². The fraction of sp³-hybridized carbons (Fsp3) is 0.533. The summed E-state index contributed by atoms with van der Waals surface area (Å²) in [5.41, 5.74) is 0.0860. The lowest BCUT2D eigenvalue weighted by atomic mass is 10.1. The third-order valence-corrected chi connectivity index (χ3v) is 3.72. The SMILES string of the molecule is CCCCCCC(C)NC(=O)c1c(F)cccc1Br. The van der Waals surface area contributed by atoms with Gasteiger partial charge in [-0.1, -0.05) is 38.7 Å². The van der Waals surface area contributed by atoms with Crippen molar-refractivity contribution >= 4 is 21.8 Å². The Labute approximate surface area is 122 Å². The summed E-state index contributed by atoms with van der Waals surface area (Å²) in [6, 6.07) is 4.61. The molecule has 4 heteroatoms. The van der Waals surface area contributed by atoms with Crippen LogP contribution in [0.3, 0.4) is 0 Å². The van der Waals surface area contributed by atoms with Gasteiger partial charge in [-0.05, 0) is 41.4 Å². The van der Waals surface area contributed by atoms with Gasteiger partial charge in [-0.25, -0.2) is 4.39 Å². The van der Waals surface area contributed by atoms with Gasteiger partial charge in [0.05, 0.1) is 5.56 Å². The van der Waals surface area contributed by atoms with Gasteiger partial charge in [-0.3, -0.25) is 4.79 Å². The molecule has 0 heterocycles. The van der Waals surface area contributed by atoms with Gasteiger partial charge in [0.25, 0.3) is 5.91 Å². The average Bonchev–Trinajstić information content (AvgIpc) is 2.34. The van der Waals surface area contributed by atoms with Gasteiger partial charge >= 0.3 is 0 Å². The molecule has 0 aliphatic carbocycles. The van der Waals surface area contributed by atoms with E-state index < -0.39 is 5.82 Å². The van der Waals surface area contributed by atoms with Crippen molar-refractivity contribution < 1.29 is 9.18 Å². The van der Waals surface area contributed by atoms with E-state index >= 15 is 0 Å². The molecular weight excluding hydrogens is 309 g/mol. The van der Waals surface area contributed by atoms with Crippen molar-refractivity contribution in [2.75, 3.05) is 0 Å². The normalized spacial score (nSPS) is 12.2. The molecule has 1 aromatic carbocycles. The van der Waals surface area contributed by atoms with Crippen LogP contribution in [0.15, 0.2) is 22.7 Å². The predicted octanol–water partition coefficient (Wildman–Crippen LogP) is 4.68. The van der Waals surface area contributed by atoms with E-state index in [1.807, 2.05) is 6.92 Å². The molecule has 106 valence electrons. The molecule has 1 atom stereocenters. The second kappa shape index (κ2) is 8.31. The Kier molecular flexibility index (Phi) is 7.06. The molecule has 0 aromatic heterocycles. The fourth-order valence-electron chi connectivity index (χ4n) is 1.96. The van der Waals surface area contributed by atoms with Crippen LogP contribution in [0, 0.1) is 5.82 Å². The van der Waals surface area contributed by atoms with Crippen LogP contribution >= 0.6 is 15.9 Å². The van der Waals surface area contributed by atoms with E-state index in [1.54, 1.807) is 12.1 Å². The van der Waals surface area contributed by atoms with Gasteiger partial charge in [-0.15, -0.1) is 0 Å². The van der Waals surface area contributed by atoms with Gasteiger partial charge in [-0.2, -0.15) is 0 Å². The number of carbonyl (C=O) groups excluding carboxylic acids is 1.